The Balaban J connectivity index is 2.41. The second-order valence-corrected chi connectivity index (χ2v) is 4.39. The minimum absolute atomic E-state index is 0.00207. The van der Waals surface area contributed by atoms with E-state index in [2.05, 4.69) is 4.98 Å². The van der Waals surface area contributed by atoms with Crippen LogP contribution in [0.4, 0.5) is 0 Å². The number of ketones is 1. The zero-order valence-electron chi connectivity index (χ0n) is 8.74. The van der Waals surface area contributed by atoms with Crippen LogP contribution in [0.3, 0.4) is 0 Å². The first-order valence-corrected chi connectivity index (χ1v) is 5.45. The van der Waals surface area contributed by atoms with E-state index in [1.54, 1.807) is 18.4 Å². The van der Waals surface area contributed by atoms with Gasteiger partial charge in [0.2, 0.25) is 0 Å². The first-order valence-electron chi connectivity index (χ1n) is 4.57. The van der Waals surface area contributed by atoms with Crippen LogP contribution in [0.2, 0.25) is 0 Å². The van der Waals surface area contributed by atoms with Crippen molar-refractivity contribution >= 4 is 17.1 Å². The zero-order chi connectivity index (χ0) is 10.6. The number of ether oxygens (including phenoxy) is 1. The molecular weight excluding hydrogens is 198 g/mol. The van der Waals surface area contributed by atoms with Crippen molar-refractivity contribution < 1.29 is 9.53 Å². The molecule has 0 spiro atoms. The van der Waals surface area contributed by atoms with Gasteiger partial charge in [0.15, 0.2) is 0 Å². The monoisotopic (exact) mass is 213 g/mol. The Labute approximate surface area is 88.1 Å². The summed E-state index contributed by atoms with van der Waals surface area (Å²) in [6, 6.07) is 0. The summed E-state index contributed by atoms with van der Waals surface area (Å²) in [5, 5.41) is 2.94. The second-order valence-electron chi connectivity index (χ2n) is 3.32. The average Bonchev–Trinajstić information content (AvgIpc) is 2.50. The lowest BCUT2D eigenvalue weighted by molar-refractivity contribution is -0.120. The summed E-state index contributed by atoms with van der Waals surface area (Å²) < 4.78 is 5.03. The molecule has 14 heavy (non-hydrogen) atoms. The first-order chi connectivity index (χ1) is 6.61. The molecule has 1 aromatic rings. The van der Waals surface area contributed by atoms with Gasteiger partial charge >= 0.3 is 0 Å². The third kappa shape index (κ3) is 3.55. The Kier molecular flexibility index (Phi) is 4.22. The molecule has 0 bridgehead atoms. The third-order valence-electron chi connectivity index (χ3n) is 1.96. The highest BCUT2D eigenvalue weighted by Gasteiger charge is 2.10. The van der Waals surface area contributed by atoms with E-state index in [4.69, 9.17) is 4.74 Å². The number of carbonyl (C=O) groups excluding carboxylic acids is 1. The predicted molar refractivity (Wildman–Crippen MR) is 56.7 cm³/mol. The molecule has 1 aromatic heterocycles. The van der Waals surface area contributed by atoms with Crippen LogP contribution in [-0.2, 0) is 16.0 Å². The molecule has 1 rings (SSSR count). The van der Waals surface area contributed by atoms with Crippen LogP contribution in [0.5, 0.6) is 0 Å². The van der Waals surface area contributed by atoms with Gasteiger partial charge in [-0.1, -0.05) is 0 Å². The number of aromatic nitrogens is 1. The van der Waals surface area contributed by atoms with Gasteiger partial charge in [0.05, 0.1) is 16.8 Å². The van der Waals surface area contributed by atoms with Crippen LogP contribution in [0, 0.1) is 6.92 Å². The Hall–Kier alpha value is -0.740. The molecule has 4 heteroatoms. The van der Waals surface area contributed by atoms with Crippen molar-refractivity contribution in [3.8, 4) is 0 Å². The van der Waals surface area contributed by atoms with Gasteiger partial charge in [-0.3, -0.25) is 4.79 Å². The minimum Gasteiger partial charge on any atom is -0.381 e. The van der Waals surface area contributed by atoms with Crippen LogP contribution in [0.15, 0.2) is 5.38 Å². The smallest absolute Gasteiger partial charge is 0.141 e. The molecule has 0 saturated carbocycles. The van der Waals surface area contributed by atoms with Crippen molar-refractivity contribution in [3.63, 3.8) is 0 Å². The molecular formula is C10H15NO2S. The number of aryl methyl sites for hydroxylation is 1. The predicted octanol–water partition coefficient (Wildman–Crippen LogP) is 1.99. The van der Waals surface area contributed by atoms with Crippen LogP contribution in [0.25, 0.3) is 0 Å². The standard InChI is InChI=1S/C10H15NO2S/c1-7(13-3)4-10(12)5-9-6-14-8(2)11-9/h6-7H,4-5H2,1-3H3. The van der Waals surface area contributed by atoms with E-state index < -0.39 is 0 Å². The second kappa shape index (κ2) is 5.22. The molecule has 0 radical (unpaired) electrons. The van der Waals surface area contributed by atoms with Crippen molar-refractivity contribution in [1.82, 2.24) is 4.98 Å². The number of carbonyl (C=O) groups is 1. The van der Waals surface area contributed by atoms with Crippen molar-refractivity contribution in [2.24, 2.45) is 0 Å². The van der Waals surface area contributed by atoms with E-state index >= 15 is 0 Å². The Bertz CT molecular complexity index is 309. The number of hydrogen-bond donors (Lipinski definition) is 0. The fourth-order valence-electron chi connectivity index (χ4n) is 1.17. The van der Waals surface area contributed by atoms with Gasteiger partial charge in [-0.2, -0.15) is 0 Å². The number of methoxy groups -OCH3 is 1. The maximum atomic E-state index is 11.5. The molecule has 3 nitrogen and oxygen atoms in total. The molecule has 0 saturated heterocycles. The average molecular weight is 213 g/mol. The molecule has 1 heterocycles. The Morgan fingerprint density at radius 3 is 2.93 bits per heavy atom. The molecule has 0 amide bonds. The van der Waals surface area contributed by atoms with E-state index in [1.807, 2.05) is 19.2 Å². The molecule has 0 aliphatic heterocycles. The maximum absolute atomic E-state index is 11.5. The zero-order valence-corrected chi connectivity index (χ0v) is 9.56. The summed E-state index contributed by atoms with van der Waals surface area (Å²) in [4.78, 5) is 15.7. The highest BCUT2D eigenvalue weighted by Crippen LogP contribution is 2.10. The van der Waals surface area contributed by atoms with Crippen LogP contribution < -0.4 is 0 Å². The van der Waals surface area contributed by atoms with Crippen LogP contribution in [0.1, 0.15) is 24.0 Å². The van der Waals surface area contributed by atoms with Crippen LogP contribution in [-0.4, -0.2) is 24.0 Å². The lowest BCUT2D eigenvalue weighted by atomic mass is 10.1. The van der Waals surface area contributed by atoms with Crippen molar-refractivity contribution in [2.45, 2.75) is 32.8 Å². The van der Waals surface area contributed by atoms with E-state index in [0.29, 0.717) is 12.8 Å². The molecule has 0 N–H and O–H groups in total. The number of rotatable bonds is 5. The number of Topliss-reactive ketones (excluding diaryl/α,β-unsaturated/α-hetero) is 1. The lowest BCUT2D eigenvalue weighted by Crippen LogP contribution is -2.14. The van der Waals surface area contributed by atoms with E-state index in [1.165, 1.54) is 0 Å². The molecule has 0 fully saturated rings. The largest absolute Gasteiger partial charge is 0.381 e. The van der Waals surface area contributed by atoms with Gasteiger partial charge in [-0.15, -0.1) is 11.3 Å². The summed E-state index contributed by atoms with van der Waals surface area (Å²) in [5.74, 6) is 0.185. The SMILES string of the molecule is COC(C)CC(=O)Cc1csc(C)n1. The normalized spacial score (nSPS) is 12.8. The Morgan fingerprint density at radius 1 is 1.71 bits per heavy atom. The molecule has 1 unspecified atom stereocenters. The Morgan fingerprint density at radius 2 is 2.43 bits per heavy atom. The number of nitrogens with zero attached hydrogens (tertiary/aromatic N) is 1. The lowest BCUT2D eigenvalue weighted by Gasteiger charge is -2.06. The molecule has 0 aromatic carbocycles. The molecule has 78 valence electrons. The first kappa shape index (κ1) is 11.3. The summed E-state index contributed by atoms with van der Waals surface area (Å²) in [5.41, 5.74) is 0.876. The number of thiazole rings is 1. The van der Waals surface area contributed by atoms with Crippen molar-refractivity contribution in [3.05, 3.63) is 16.1 Å². The third-order valence-corrected chi connectivity index (χ3v) is 2.78. The van der Waals surface area contributed by atoms with Gasteiger partial charge < -0.3 is 4.74 Å². The molecule has 0 aliphatic rings. The number of hydrogen-bond acceptors (Lipinski definition) is 4. The minimum atomic E-state index is 0.00207. The van der Waals surface area contributed by atoms with E-state index in [0.717, 1.165) is 10.7 Å². The summed E-state index contributed by atoms with van der Waals surface area (Å²) in [6.07, 6.45) is 0.896. The van der Waals surface area contributed by atoms with Gasteiger partial charge in [0.1, 0.15) is 5.78 Å². The van der Waals surface area contributed by atoms with Gasteiger partial charge in [0, 0.05) is 25.3 Å². The maximum Gasteiger partial charge on any atom is 0.141 e. The summed E-state index contributed by atoms with van der Waals surface area (Å²) in [6.45, 7) is 3.83. The van der Waals surface area contributed by atoms with Gasteiger partial charge in [-0.25, -0.2) is 4.98 Å². The van der Waals surface area contributed by atoms with E-state index in [9.17, 15) is 4.79 Å². The fourth-order valence-corrected chi connectivity index (χ4v) is 1.78. The fraction of sp³-hybridized carbons (Fsp3) is 0.600. The highest BCUT2D eigenvalue weighted by molar-refractivity contribution is 7.09. The highest BCUT2D eigenvalue weighted by atomic mass is 32.1. The topological polar surface area (TPSA) is 39.2 Å². The summed E-state index contributed by atoms with van der Waals surface area (Å²) >= 11 is 1.58. The molecule has 1 atom stereocenters. The van der Waals surface area contributed by atoms with E-state index in [-0.39, 0.29) is 11.9 Å². The van der Waals surface area contributed by atoms with Gasteiger partial charge in [-0.05, 0) is 13.8 Å². The van der Waals surface area contributed by atoms with Gasteiger partial charge in [0.25, 0.3) is 0 Å². The molecule has 0 aliphatic carbocycles. The van der Waals surface area contributed by atoms with Crippen molar-refractivity contribution in [1.29, 1.82) is 0 Å². The quantitative estimate of drug-likeness (QED) is 0.751. The summed E-state index contributed by atoms with van der Waals surface area (Å²) in [7, 11) is 1.62. The van der Waals surface area contributed by atoms with Crippen LogP contribution >= 0.6 is 11.3 Å². The van der Waals surface area contributed by atoms with Crippen molar-refractivity contribution in [2.75, 3.05) is 7.11 Å².